The van der Waals surface area contributed by atoms with Gasteiger partial charge in [0.25, 0.3) is 0 Å². The Morgan fingerprint density at radius 1 is 1.16 bits per heavy atom. The maximum absolute atomic E-state index is 12.2. The van der Waals surface area contributed by atoms with Gasteiger partial charge in [0.15, 0.2) is 0 Å². The van der Waals surface area contributed by atoms with Crippen molar-refractivity contribution in [2.24, 2.45) is 17.8 Å². The number of imide groups is 1. The molecule has 19 heavy (non-hydrogen) atoms. The normalized spacial score (nSPS) is 29.2. The zero-order valence-electron chi connectivity index (χ0n) is 11.1. The van der Waals surface area contributed by atoms with E-state index in [4.69, 9.17) is 0 Å². The molecule has 1 saturated carbocycles. The van der Waals surface area contributed by atoms with Crippen LogP contribution in [0.3, 0.4) is 0 Å². The van der Waals surface area contributed by atoms with E-state index in [1.165, 1.54) is 0 Å². The zero-order chi connectivity index (χ0) is 14.0. The highest BCUT2D eigenvalue weighted by molar-refractivity contribution is 6.04. The molecule has 1 heterocycles. The van der Waals surface area contributed by atoms with Gasteiger partial charge in [0.2, 0.25) is 11.8 Å². The minimum absolute atomic E-state index is 0.0304. The van der Waals surface area contributed by atoms with Gasteiger partial charge in [0, 0.05) is 25.2 Å². The van der Waals surface area contributed by atoms with Crippen LogP contribution in [-0.2, 0) is 19.2 Å². The van der Waals surface area contributed by atoms with Crippen molar-refractivity contribution in [1.82, 2.24) is 5.32 Å². The van der Waals surface area contributed by atoms with Crippen LogP contribution in [-0.4, -0.2) is 23.4 Å². The molecule has 0 spiro atoms. The number of hydrogen-bond donors (Lipinski definition) is 1. The summed E-state index contributed by atoms with van der Waals surface area (Å²) in [6, 6.07) is 0. The minimum atomic E-state index is -0.510. The Morgan fingerprint density at radius 2 is 1.79 bits per heavy atom. The van der Waals surface area contributed by atoms with Crippen molar-refractivity contribution in [3.63, 3.8) is 0 Å². The van der Waals surface area contributed by atoms with E-state index < -0.39 is 5.92 Å². The van der Waals surface area contributed by atoms with Crippen LogP contribution in [0.5, 0.6) is 0 Å². The number of nitrogens with one attached hydrogen (secondary N) is 1. The number of ketones is 2. The van der Waals surface area contributed by atoms with Crippen molar-refractivity contribution in [2.45, 2.75) is 45.4 Å². The predicted molar refractivity (Wildman–Crippen MR) is 67.0 cm³/mol. The first kappa shape index (κ1) is 13.9. The lowest BCUT2D eigenvalue weighted by Crippen LogP contribution is -2.40. The molecule has 2 amide bonds. The van der Waals surface area contributed by atoms with Gasteiger partial charge >= 0.3 is 0 Å². The number of amides is 2. The van der Waals surface area contributed by atoms with E-state index in [-0.39, 0.29) is 54.5 Å². The van der Waals surface area contributed by atoms with Gasteiger partial charge in [0.1, 0.15) is 11.6 Å². The summed E-state index contributed by atoms with van der Waals surface area (Å²) in [6.45, 7) is 1.86. The van der Waals surface area contributed by atoms with E-state index in [9.17, 15) is 19.2 Å². The summed E-state index contributed by atoms with van der Waals surface area (Å²) in [5, 5.41) is 2.22. The molecule has 0 bridgehead atoms. The zero-order valence-corrected chi connectivity index (χ0v) is 11.1. The van der Waals surface area contributed by atoms with E-state index in [0.29, 0.717) is 6.42 Å². The first-order valence-corrected chi connectivity index (χ1v) is 6.86. The van der Waals surface area contributed by atoms with E-state index in [1.807, 2.05) is 6.92 Å². The molecule has 2 rings (SSSR count). The van der Waals surface area contributed by atoms with Crippen molar-refractivity contribution >= 4 is 23.4 Å². The number of rotatable bonds is 3. The van der Waals surface area contributed by atoms with Gasteiger partial charge in [-0.1, -0.05) is 13.3 Å². The fourth-order valence-electron chi connectivity index (χ4n) is 3.00. The van der Waals surface area contributed by atoms with Crippen molar-refractivity contribution in [2.75, 3.05) is 0 Å². The molecule has 0 aromatic heterocycles. The Morgan fingerprint density at radius 3 is 2.42 bits per heavy atom. The van der Waals surface area contributed by atoms with Gasteiger partial charge in [0.05, 0.1) is 5.92 Å². The molecule has 5 heteroatoms. The molecule has 1 N–H and O–H groups in total. The molecule has 1 aliphatic carbocycles. The van der Waals surface area contributed by atoms with Crippen molar-refractivity contribution in [3.8, 4) is 0 Å². The number of carbonyl (C=O) groups excluding carboxylic acids is 4. The molecule has 0 aromatic rings. The van der Waals surface area contributed by atoms with Gasteiger partial charge in [-0.25, -0.2) is 0 Å². The second-order valence-electron chi connectivity index (χ2n) is 5.70. The highest BCUT2D eigenvalue weighted by Gasteiger charge is 2.35. The molecular weight excluding hydrogens is 246 g/mol. The predicted octanol–water partition coefficient (Wildman–Crippen LogP) is 1.00. The van der Waals surface area contributed by atoms with Crippen molar-refractivity contribution in [3.05, 3.63) is 0 Å². The van der Waals surface area contributed by atoms with Crippen LogP contribution in [0.1, 0.15) is 45.4 Å². The summed E-state index contributed by atoms with van der Waals surface area (Å²) in [5.74, 6) is -1.50. The summed E-state index contributed by atoms with van der Waals surface area (Å²) >= 11 is 0. The average Bonchev–Trinajstić information content (AvgIpc) is 2.31. The Hall–Kier alpha value is -1.52. The standard InChI is InChI=1S/C14H19NO4/c1-8-3-2-4-10(14(8)19)11(16)5-9-6-12(17)15-13(18)7-9/h8-10H,2-7H2,1H3,(H,15,17,18)/t8-,10-/m0/s1. The van der Waals surface area contributed by atoms with Gasteiger partial charge in [-0.2, -0.15) is 0 Å². The van der Waals surface area contributed by atoms with Crippen LogP contribution in [0.2, 0.25) is 0 Å². The molecule has 2 aliphatic rings. The summed E-state index contributed by atoms with van der Waals surface area (Å²) in [7, 11) is 0. The number of carbonyl (C=O) groups is 4. The van der Waals surface area contributed by atoms with E-state index in [1.54, 1.807) is 0 Å². The third-order valence-corrected chi connectivity index (χ3v) is 4.06. The molecule has 2 atom stereocenters. The first-order valence-electron chi connectivity index (χ1n) is 6.86. The Bertz CT molecular complexity index is 413. The Kier molecular flexibility index (Phi) is 4.12. The third kappa shape index (κ3) is 3.28. The summed E-state index contributed by atoms with van der Waals surface area (Å²) in [4.78, 5) is 46.6. The molecule has 5 nitrogen and oxygen atoms in total. The molecule has 0 aromatic carbocycles. The highest BCUT2D eigenvalue weighted by atomic mass is 16.2. The van der Waals surface area contributed by atoms with Crippen LogP contribution in [0.4, 0.5) is 0 Å². The van der Waals surface area contributed by atoms with E-state index >= 15 is 0 Å². The number of hydrogen-bond acceptors (Lipinski definition) is 4. The monoisotopic (exact) mass is 265 g/mol. The Balaban J connectivity index is 1.95. The fourth-order valence-corrected chi connectivity index (χ4v) is 3.00. The summed E-state index contributed by atoms with van der Waals surface area (Å²) < 4.78 is 0. The molecule has 1 saturated heterocycles. The molecule has 2 fully saturated rings. The van der Waals surface area contributed by atoms with Crippen molar-refractivity contribution in [1.29, 1.82) is 0 Å². The van der Waals surface area contributed by atoms with Crippen LogP contribution >= 0.6 is 0 Å². The highest BCUT2D eigenvalue weighted by Crippen LogP contribution is 2.29. The van der Waals surface area contributed by atoms with Gasteiger partial charge < -0.3 is 0 Å². The summed E-state index contributed by atoms with van der Waals surface area (Å²) in [5.41, 5.74) is 0. The lowest BCUT2D eigenvalue weighted by molar-refractivity contribution is -0.138. The topological polar surface area (TPSA) is 80.3 Å². The van der Waals surface area contributed by atoms with Gasteiger partial charge in [-0.3, -0.25) is 24.5 Å². The van der Waals surface area contributed by atoms with E-state index in [0.717, 1.165) is 12.8 Å². The van der Waals surface area contributed by atoms with Gasteiger partial charge in [-0.05, 0) is 18.8 Å². The maximum atomic E-state index is 12.2. The fraction of sp³-hybridized carbons (Fsp3) is 0.714. The van der Waals surface area contributed by atoms with Gasteiger partial charge in [-0.15, -0.1) is 0 Å². The largest absolute Gasteiger partial charge is 0.299 e. The van der Waals surface area contributed by atoms with Crippen molar-refractivity contribution < 1.29 is 19.2 Å². The van der Waals surface area contributed by atoms with E-state index in [2.05, 4.69) is 5.32 Å². The molecule has 104 valence electrons. The number of Topliss-reactive ketones (excluding diaryl/α,β-unsaturated/α-hetero) is 2. The first-order chi connectivity index (χ1) is 8.97. The maximum Gasteiger partial charge on any atom is 0.226 e. The number of piperidine rings is 1. The molecule has 0 unspecified atom stereocenters. The van der Waals surface area contributed by atoms with Crippen LogP contribution < -0.4 is 5.32 Å². The lowest BCUT2D eigenvalue weighted by atomic mass is 9.76. The second-order valence-corrected chi connectivity index (χ2v) is 5.70. The summed E-state index contributed by atoms with van der Waals surface area (Å²) in [6.07, 6.45) is 2.94. The quantitative estimate of drug-likeness (QED) is 0.610. The third-order valence-electron chi connectivity index (χ3n) is 4.06. The minimum Gasteiger partial charge on any atom is -0.299 e. The molecular formula is C14H19NO4. The smallest absolute Gasteiger partial charge is 0.226 e. The molecule has 1 aliphatic heterocycles. The van der Waals surface area contributed by atoms with Crippen LogP contribution in [0.15, 0.2) is 0 Å². The second kappa shape index (κ2) is 5.63. The molecule has 0 radical (unpaired) electrons. The lowest BCUT2D eigenvalue weighted by Gasteiger charge is -2.26. The van der Waals surface area contributed by atoms with Crippen LogP contribution in [0.25, 0.3) is 0 Å². The Labute approximate surface area is 112 Å². The van der Waals surface area contributed by atoms with Crippen LogP contribution in [0, 0.1) is 17.8 Å². The average molecular weight is 265 g/mol. The SMILES string of the molecule is C[C@H]1CCC[C@@H](C(=O)CC2CC(=O)NC(=O)C2)C1=O.